The topological polar surface area (TPSA) is 83.5 Å². The number of methoxy groups -OCH3 is 3. The number of alkyl halides is 3. The zero-order valence-corrected chi connectivity index (χ0v) is 24.0. The number of carbonyl (C=O) groups is 2. The second-order valence-corrected chi connectivity index (χ2v) is 9.68. The Morgan fingerprint density at radius 1 is 1.00 bits per heavy atom. The van der Waals surface area contributed by atoms with Crippen LogP contribution < -0.4 is 19.1 Å². The lowest BCUT2D eigenvalue weighted by atomic mass is 9.96. The van der Waals surface area contributed by atoms with Gasteiger partial charge in [0.2, 0.25) is 0 Å². The molecule has 1 heterocycles. The van der Waals surface area contributed by atoms with Crippen LogP contribution in [0.2, 0.25) is 5.02 Å². The molecule has 0 unspecified atom stereocenters. The van der Waals surface area contributed by atoms with Gasteiger partial charge in [-0.2, -0.15) is 13.2 Å². The average molecular weight is 608 g/mol. The van der Waals surface area contributed by atoms with E-state index >= 15 is 0 Å². The summed E-state index contributed by atoms with van der Waals surface area (Å²) in [4.78, 5) is 28.1. The summed E-state index contributed by atoms with van der Waals surface area (Å²) in [5.74, 6) is -0.839. The van der Waals surface area contributed by atoms with Crippen molar-refractivity contribution in [1.82, 2.24) is 0 Å². The maximum Gasteiger partial charge on any atom is 0.419 e. The number of carbonyl (C=O) groups excluding carboxylic acids is 2. The number of para-hydroxylation sites is 1. The van der Waals surface area contributed by atoms with E-state index in [1.165, 1.54) is 37.3 Å². The smallest absolute Gasteiger partial charge is 0.419 e. The molecular formula is C30H29ClF3NO7. The molecule has 8 nitrogen and oxygen atoms in total. The van der Waals surface area contributed by atoms with E-state index in [9.17, 15) is 22.8 Å². The normalized spacial score (nSPS) is 16.9. The van der Waals surface area contributed by atoms with Crippen molar-refractivity contribution in [1.29, 1.82) is 0 Å². The predicted molar refractivity (Wildman–Crippen MR) is 148 cm³/mol. The van der Waals surface area contributed by atoms with Crippen LogP contribution in [0, 0.1) is 0 Å². The molecule has 224 valence electrons. The number of amides is 1. The lowest BCUT2D eigenvalue weighted by molar-refractivity contribution is -0.151. The molecule has 0 fully saturated rings. The first-order valence-corrected chi connectivity index (χ1v) is 13.3. The summed E-state index contributed by atoms with van der Waals surface area (Å²) in [7, 11) is 4.10. The second kappa shape index (κ2) is 12.9. The highest BCUT2D eigenvalue weighted by molar-refractivity contribution is 6.30. The molecule has 0 saturated carbocycles. The molecule has 0 bridgehead atoms. The van der Waals surface area contributed by atoms with E-state index in [2.05, 4.69) is 0 Å². The Morgan fingerprint density at radius 2 is 1.76 bits per heavy atom. The fraction of sp³-hybridized carbons (Fsp3) is 0.333. The van der Waals surface area contributed by atoms with Gasteiger partial charge < -0.3 is 28.6 Å². The molecule has 42 heavy (non-hydrogen) atoms. The molecule has 4 rings (SSSR count). The van der Waals surface area contributed by atoms with Gasteiger partial charge in [-0.3, -0.25) is 9.59 Å². The van der Waals surface area contributed by atoms with Crippen LogP contribution in [0.3, 0.4) is 0 Å². The van der Waals surface area contributed by atoms with Gasteiger partial charge >= 0.3 is 12.1 Å². The minimum atomic E-state index is -4.74. The summed E-state index contributed by atoms with van der Waals surface area (Å²) in [5.41, 5.74) is 0.191. The van der Waals surface area contributed by atoms with Crippen molar-refractivity contribution in [3.63, 3.8) is 0 Å². The van der Waals surface area contributed by atoms with Crippen molar-refractivity contribution in [3.05, 3.63) is 81.9 Å². The van der Waals surface area contributed by atoms with Gasteiger partial charge in [-0.1, -0.05) is 23.7 Å². The number of nitrogens with zero attached hydrogens (tertiary/aromatic N) is 1. The number of hydrogen-bond donors (Lipinski definition) is 0. The molecule has 0 N–H and O–H groups in total. The predicted octanol–water partition coefficient (Wildman–Crippen LogP) is 6.36. The molecule has 0 aliphatic carbocycles. The standard InChI is InChI=1S/C30H29ClF3NO7/c1-5-41-26(36)15-25-29(37)35(16-17-9-11-19(38-2)14-24(17)39-3)23-12-10-18(31)13-21(23)27(42-25)20-7-6-8-22(28(20)40-4)30(32,33)34/h6-14,25,27H,5,15-16H2,1-4H3/t25-,27-/m0/s1. The number of halogens is 4. The van der Waals surface area contributed by atoms with E-state index in [0.29, 0.717) is 28.3 Å². The zero-order chi connectivity index (χ0) is 30.6. The maximum atomic E-state index is 14.1. The molecule has 1 aliphatic rings. The van der Waals surface area contributed by atoms with Crippen LogP contribution in [-0.4, -0.2) is 45.9 Å². The quantitative estimate of drug-likeness (QED) is 0.262. The van der Waals surface area contributed by atoms with E-state index in [-0.39, 0.29) is 23.7 Å². The zero-order valence-electron chi connectivity index (χ0n) is 23.3. The van der Waals surface area contributed by atoms with Crippen LogP contribution in [0.25, 0.3) is 0 Å². The van der Waals surface area contributed by atoms with Crippen molar-refractivity contribution in [3.8, 4) is 17.2 Å². The number of hydrogen-bond acceptors (Lipinski definition) is 7. The van der Waals surface area contributed by atoms with Crippen LogP contribution >= 0.6 is 11.6 Å². The Bertz CT molecular complexity index is 1460. The molecule has 0 radical (unpaired) electrons. The Morgan fingerprint density at radius 3 is 2.40 bits per heavy atom. The molecule has 1 amide bonds. The van der Waals surface area contributed by atoms with Gasteiger partial charge in [0.05, 0.1) is 52.2 Å². The molecule has 3 aromatic rings. The Balaban J connectivity index is 1.93. The second-order valence-electron chi connectivity index (χ2n) is 9.25. The largest absolute Gasteiger partial charge is 0.497 e. The third kappa shape index (κ3) is 6.42. The molecule has 2 atom stereocenters. The van der Waals surface area contributed by atoms with Gasteiger partial charge in [-0.25, -0.2) is 0 Å². The summed E-state index contributed by atoms with van der Waals surface area (Å²) in [6.45, 7) is 1.65. The molecule has 3 aromatic carbocycles. The van der Waals surface area contributed by atoms with Crippen LogP contribution in [0.4, 0.5) is 18.9 Å². The number of anilines is 1. The van der Waals surface area contributed by atoms with E-state index in [1.807, 2.05) is 0 Å². The lowest BCUT2D eigenvalue weighted by Crippen LogP contribution is -2.40. The fourth-order valence-corrected chi connectivity index (χ4v) is 5.03. The van der Waals surface area contributed by atoms with E-state index in [0.717, 1.165) is 13.2 Å². The van der Waals surface area contributed by atoms with Gasteiger partial charge in [0, 0.05) is 27.8 Å². The van der Waals surface area contributed by atoms with Gasteiger partial charge in [0.25, 0.3) is 5.91 Å². The molecule has 0 spiro atoms. The highest BCUT2D eigenvalue weighted by Crippen LogP contribution is 2.47. The van der Waals surface area contributed by atoms with Crippen molar-refractivity contribution in [2.24, 2.45) is 0 Å². The van der Waals surface area contributed by atoms with Gasteiger partial charge in [0.15, 0.2) is 0 Å². The number of fused-ring (bicyclic) bond motifs is 1. The summed E-state index contributed by atoms with van der Waals surface area (Å²) in [5, 5.41) is 0.256. The van der Waals surface area contributed by atoms with Gasteiger partial charge in [0.1, 0.15) is 29.5 Å². The number of ether oxygens (including phenoxy) is 5. The SMILES string of the molecule is CCOC(=O)C[C@@H]1O[C@@H](c2cccc(C(F)(F)F)c2OC)c2cc(Cl)ccc2N(Cc2ccc(OC)cc2OC)C1=O. The van der Waals surface area contributed by atoms with Gasteiger partial charge in [-0.15, -0.1) is 0 Å². The van der Waals surface area contributed by atoms with Crippen LogP contribution in [0.15, 0.2) is 54.6 Å². The van der Waals surface area contributed by atoms with Crippen molar-refractivity contribution in [2.75, 3.05) is 32.8 Å². The minimum absolute atomic E-state index is 0.00128. The Hall–Kier alpha value is -3.96. The Kier molecular flexibility index (Phi) is 9.53. The first-order valence-electron chi connectivity index (χ1n) is 12.9. The average Bonchev–Trinajstić information content (AvgIpc) is 3.06. The first-order chi connectivity index (χ1) is 20.0. The van der Waals surface area contributed by atoms with Gasteiger partial charge in [-0.05, 0) is 43.3 Å². The van der Waals surface area contributed by atoms with Crippen LogP contribution in [0.5, 0.6) is 17.2 Å². The first kappa shape index (κ1) is 31.0. The number of benzene rings is 3. The van der Waals surface area contributed by atoms with E-state index < -0.39 is 48.0 Å². The summed E-state index contributed by atoms with van der Waals surface area (Å²) in [6, 6.07) is 13.3. The molecule has 1 aliphatic heterocycles. The molecular weight excluding hydrogens is 579 g/mol. The van der Waals surface area contributed by atoms with Crippen LogP contribution in [0.1, 0.15) is 41.7 Å². The van der Waals surface area contributed by atoms with Crippen molar-refractivity contribution < 1.29 is 46.4 Å². The molecule has 0 aromatic heterocycles. The van der Waals surface area contributed by atoms with Crippen LogP contribution in [-0.2, 0) is 31.8 Å². The highest BCUT2D eigenvalue weighted by Gasteiger charge is 2.42. The molecule has 0 saturated heterocycles. The third-order valence-electron chi connectivity index (χ3n) is 6.72. The summed E-state index contributed by atoms with van der Waals surface area (Å²) >= 11 is 6.37. The minimum Gasteiger partial charge on any atom is -0.497 e. The van der Waals surface area contributed by atoms with E-state index in [1.54, 1.807) is 37.3 Å². The molecule has 12 heteroatoms. The number of esters is 1. The van der Waals surface area contributed by atoms with Crippen molar-refractivity contribution in [2.45, 2.75) is 38.3 Å². The Labute approximate surface area is 245 Å². The third-order valence-corrected chi connectivity index (χ3v) is 6.96. The monoisotopic (exact) mass is 607 g/mol. The highest BCUT2D eigenvalue weighted by atomic mass is 35.5. The van der Waals surface area contributed by atoms with Crippen molar-refractivity contribution >= 4 is 29.2 Å². The fourth-order valence-electron chi connectivity index (χ4n) is 4.85. The number of rotatable bonds is 9. The maximum absolute atomic E-state index is 14.1. The lowest BCUT2D eigenvalue weighted by Gasteiger charge is -2.26. The summed E-state index contributed by atoms with van der Waals surface area (Å²) in [6.07, 6.45) is -7.92. The van der Waals surface area contributed by atoms with E-state index in [4.69, 9.17) is 35.3 Å². The summed E-state index contributed by atoms with van der Waals surface area (Å²) < 4.78 is 69.2.